The molecule has 78 valence electrons. The Labute approximate surface area is 89.1 Å². The Morgan fingerprint density at radius 2 is 2.08 bits per heavy atom. The number of hydrogen-bond donors (Lipinski definition) is 0. The molecule has 0 N–H and O–H groups in total. The van der Waals surface area contributed by atoms with Gasteiger partial charge in [0.15, 0.2) is 0 Å². The third-order valence-electron chi connectivity index (χ3n) is 2.66. The summed E-state index contributed by atoms with van der Waals surface area (Å²) in [6, 6.07) is 0. The van der Waals surface area contributed by atoms with Gasteiger partial charge in [-0.25, -0.2) is 8.42 Å². The summed E-state index contributed by atoms with van der Waals surface area (Å²) < 4.78 is 21.7. The van der Waals surface area contributed by atoms with Gasteiger partial charge >= 0.3 is 0 Å². The van der Waals surface area contributed by atoms with Gasteiger partial charge in [-0.3, -0.25) is 0 Å². The van der Waals surface area contributed by atoms with Crippen LogP contribution in [0.4, 0.5) is 0 Å². The maximum absolute atomic E-state index is 10.9. The van der Waals surface area contributed by atoms with E-state index in [1.807, 2.05) is 0 Å². The van der Waals surface area contributed by atoms with Crippen molar-refractivity contribution in [1.29, 1.82) is 0 Å². The Morgan fingerprint density at radius 1 is 1.38 bits per heavy atom. The summed E-state index contributed by atoms with van der Waals surface area (Å²) >= 11 is 3.64. The van der Waals surface area contributed by atoms with Crippen molar-refractivity contribution in [1.82, 2.24) is 0 Å². The molecule has 0 amide bonds. The van der Waals surface area contributed by atoms with E-state index >= 15 is 0 Å². The van der Waals surface area contributed by atoms with Gasteiger partial charge in [0.25, 0.3) is 0 Å². The molecule has 2 atom stereocenters. The number of alkyl halides is 1. The van der Waals surface area contributed by atoms with Crippen LogP contribution in [0.1, 0.15) is 32.1 Å². The fourth-order valence-electron chi connectivity index (χ4n) is 1.92. The van der Waals surface area contributed by atoms with E-state index in [-0.39, 0.29) is 0 Å². The number of sulfone groups is 1. The normalized spacial score (nSPS) is 29.4. The third kappa shape index (κ3) is 4.45. The SMILES string of the molecule is CS(=O)(=O)CCCC1CCCC1Br. The maximum atomic E-state index is 10.9. The van der Waals surface area contributed by atoms with Crippen molar-refractivity contribution in [3.63, 3.8) is 0 Å². The largest absolute Gasteiger partial charge is 0.229 e. The average Bonchev–Trinajstić information content (AvgIpc) is 2.34. The highest BCUT2D eigenvalue weighted by Crippen LogP contribution is 2.34. The first-order chi connectivity index (χ1) is 5.99. The van der Waals surface area contributed by atoms with Crippen LogP contribution in [0.3, 0.4) is 0 Å². The lowest BCUT2D eigenvalue weighted by Gasteiger charge is -2.12. The predicted octanol–water partition coefficient (Wildman–Crippen LogP) is 2.37. The predicted molar refractivity (Wildman–Crippen MR) is 59.0 cm³/mol. The second kappa shape index (κ2) is 4.78. The molecule has 0 aromatic carbocycles. The highest BCUT2D eigenvalue weighted by atomic mass is 79.9. The highest BCUT2D eigenvalue weighted by Gasteiger charge is 2.24. The first-order valence-electron chi connectivity index (χ1n) is 4.81. The molecule has 0 heterocycles. The molecule has 1 fully saturated rings. The molecule has 0 bridgehead atoms. The van der Waals surface area contributed by atoms with Crippen molar-refractivity contribution >= 4 is 25.8 Å². The summed E-state index contributed by atoms with van der Waals surface area (Å²) in [6.45, 7) is 0. The molecule has 0 aliphatic heterocycles. The minimum Gasteiger partial charge on any atom is -0.229 e. The van der Waals surface area contributed by atoms with Crippen molar-refractivity contribution in [3.05, 3.63) is 0 Å². The number of hydrogen-bond acceptors (Lipinski definition) is 2. The zero-order valence-corrected chi connectivity index (χ0v) is 10.4. The van der Waals surface area contributed by atoms with E-state index in [9.17, 15) is 8.42 Å². The Bertz CT molecular complexity index is 248. The van der Waals surface area contributed by atoms with Crippen LogP contribution < -0.4 is 0 Å². The van der Waals surface area contributed by atoms with Gasteiger partial charge in [-0.2, -0.15) is 0 Å². The molecule has 2 nitrogen and oxygen atoms in total. The fraction of sp³-hybridized carbons (Fsp3) is 1.00. The van der Waals surface area contributed by atoms with E-state index in [0.29, 0.717) is 16.5 Å². The van der Waals surface area contributed by atoms with E-state index in [1.54, 1.807) is 0 Å². The highest BCUT2D eigenvalue weighted by molar-refractivity contribution is 9.09. The molecule has 1 saturated carbocycles. The molecule has 1 aliphatic rings. The summed E-state index contributed by atoms with van der Waals surface area (Å²) in [6.07, 6.45) is 7.00. The molecule has 1 rings (SSSR count). The van der Waals surface area contributed by atoms with Gasteiger partial charge in [-0.15, -0.1) is 0 Å². The number of halogens is 1. The Hall–Kier alpha value is 0.430. The molecule has 1 aliphatic carbocycles. The molecule has 0 saturated heterocycles. The monoisotopic (exact) mass is 268 g/mol. The summed E-state index contributed by atoms with van der Waals surface area (Å²) in [5.41, 5.74) is 0. The van der Waals surface area contributed by atoms with Crippen LogP contribution in [0.2, 0.25) is 0 Å². The summed E-state index contributed by atoms with van der Waals surface area (Å²) in [7, 11) is -2.75. The lowest BCUT2D eigenvalue weighted by Crippen LogP contribution is -2.09. The first-order valence-corrected chi connectivity index (χ1v) is 7.78. The molecular formula is C9H17BrO2S. The van der Waals surface area contributed by atoms with Crippen molar-refractivity contribution in [2.24, 2.45) is 5.92 Å². The molecule has 4 heteroatoms. The second-order valence-corrected chi connectivity index (χ2v) is 7.41. The van der Waals surface area contributed by atoms with Crippen molar-refractivity contribution in [2.75, 3.05) is 12.0 Å². The van der Waals surface area contributed by atoms with E-state index in [1.165, 1.54) is 25.5 Å². The molecule has 2 unspecified atom stereocenters. The van der Waals surface area contributed by atoms with Crippen molar-refractivity contribution in [3.8, 4) is 0 Å². The van der Waals surface area contributed by atoms with Crippen LogP contribution in [0.15, 0.2) is 0 Å². The van der Waals surface area contributed by atoms with Crippen LogP contribution in [0, 0.1) is 5.92 Å². The average molecular weight is 269 g/mol. The van der Waals surface area contributed by atoms with E-state index in [0.717, 1.165) is 12.8 Å². The topological polar surface area (TPSA) is 34.1 Å². The second-order valence-electron chi connectivity index (χ2n) is 3.98. The van der Waals surface area contributed by atoms with Gasteiger partial charge in [0.2, 0.25) is 0 Å². The van der Waals surface area contributed by atoms with E-state index in [2.05, 4.69) is 15.9 Å². The zero-order chi connectivity index (χ0) is 9.90. The van der Waals surface area contributed by atoms with Crippen molar-refractivity contribution in [2.45, 2.75) is 36.9 Å². The number of rotatable bonds is 4. The molecule has 13 heavy (non-hydrogen) atoms. The smallest absolute Gasteiger partial charge is 0.147 e. The summed E-state index contributed by atoms with van der Waals surface area (Å²) in [4.78, 5) is 0.632. The lowest BCUT2D eigenvalue weighted by molar-refractivity contribution is 0.507. The third-order valence-corrected chi connectivity index (χ3v) is 4.89. The fourth-order valence-corrected chi connectivity index (χ4v) is 3.47. The molecule has 0 spiro atoms. The minimum absolute atomic E-state index is 0.350. The lowest BCUT2D eigenvalue weighted by atomic mass is 10.0. The minimum atomic E-state index is -2.75. The summed E-state index contributed by atoms with van der Waals surface area (Å²) in [5, 5.41) is 0. The van der Waals surface area contributed by atoms with Crippen LogP contribution >= 0.6 is 15.9 Å². The van der Waals surface area contributed by atoms with Crippen LogP contribution in [0.5, 0.6) is 0 Å². The van der Waals surface area contributed by atoms with Crippen molar-refractivity contribution < 1.29 is 8.42 Å². The van der Waals surface area contributed by atoms with Crippen LogP contribution in [0.25, 0.3) is 0 Å². The maximum Gasteiger partial charge on any atom is 0.147 e. The Morgan fingerprint density at radius 3 is 2.54 bits per heavy atom. The van der Waals surface area contributed by atoms with Gasteiger partial charge in [-0.05, 0) is 31.6 Å². The molecule has 0 aromatic rings. The van der Waals surface area contributed by atoms with Gasteiger partial charge in [0.1, 0.15) is 9.84 Å². The Balaban J connectivity index is 2.19. The zero-order valence-electron chi connectivity index (χ0n) is 8.00. The molecular weight excluding hydrogens is 252 g/mol. The van der Waals surface area contributed by atoms with Gasteiger partial charge in [0.05, 0.1) is 0 Å². The standard InChI is InChI=1S/C9H17BrO2S/c1-13(11,12)7-3-5-8-4-2-6-9(8)10/h8-9H,2-7H2,1H3. The van der Waals surface area contributed by atoms with Crippen LogP contribution in [-0.4, -0.2) is 25.3 Å². The molecule has 0 radical (unpaired) electrons. The first kappa shape index (κ1) is 11.5. The van der Waals surface area contributed by atoms with Crippen LogP contribution in [-0.2, 0) is 9.84 Å². The van der Waals surface area contributed by atoms with E-state index in [4.69, 9.17) is 0 Å². The Kier molecular flexibility index (Phi) is 4.23. The van der Waals surface area contributed by atoms with Gasteiger partial charge in [-0.1, -0.05) is 22.4 Å². The van der Waals surface area contributed by atoms with Gasteiger partial charge < -0.3 is 0 Å². The quantitative estimate of drug-likeness (QED) is 0.734. The van der Waals surface area contributed by atoms with Gasteiger partial charge in [0, 0.05) is 16.8 Å². The summed E-state index contributed by atoms with van der Waals surface area (Å²) in [5.74, 6) is 1.06. The molecule has 0 aromatic heterocycles. The van der Waals surface area contributed by atoms with E-state index < -0.39 is 9.84 Å².